The summed E-state index contributed by atoms with van der Waals surface area (Å²) in [5.41, 5.74) is 0. The quantitative estimate of drug-likeness (QED) is 0.618. The van der Waals surface area contributed by atoms with Crippen molar-refractivity contribution < 1.29 is 0 Å². The first-order valence-electron chi connectivity index (χ1n) is 4.95. The van der Waals surface area contributed by atoms with E-state index in [9.17, 15) is 0 Å². The lowest BCUT2D eigenvalue weighted by Crippen LogP contribution is -2.35. The molecule has 68 valence electrons. The van der Waals surface area contributed by atoms with Gasteiger partial charge in [-0.2, -0.15) is 0 Å². The van der Waals surface area contributed by atoms with Crippen LogP contribution >= 0.6 is 0 Å². The third kappa shape index (κ3) is 2.53. The fraction of sp³-hybridized carbons (Fsp3) is 0.818. The highest BCUT2D eigenvalue weighted by Gasteiger charge is 2.22. The molecule has 1 rings (SSSR count). The average molecular weight is 165 g/mol. The van der Waals surface area contributed by atoms with E-state index in [-0.39, 0.29) is 0 Å². The van der Waals surface area contributed by atoms with Crippen LogP contribution in [-0.4, -0.2) is 13.1 Å². The van der Waals surface area contributed by atoms with Gasteiger partial charge < -0.3 is 5.32 Å². The first-order chi connectivity index (χ1) is 5.88. The highest BCUT2D eigenvalue weighted by atomic mass is 14.9. The van der Waals surface area contributed by atoms with Gasteiger partial charge in [0.2, 0.25) is 0 Å². The molecule has 0 heterocycles. The van der Waals surface area contributed by atoms with Crippen molar-refractivity contribution in [3.8, 4) is 11.8 Å². The normalized spacial score (nSPS) is 29.2. The zero-order valence-electron chi connectivity index (χ0n) is 8.19. The van der Waals surface area contributed by atoms with Crippen LogP contribution in [0.15, 0.2) is 0 Å². The van der Waals surface area contributed by atoms with E-state index in [0.717, 1.165) is 18.4 Å². The van der Waals surface area contributed by atoms with Gasteiger partial charge in [-0.3, -0.25) is 0 Å². The van der Waals surface area contributed by atoms with Gasteiger partial charge in [0.1, 0.15) is 0 Å². The van der Waals surface area contributed by atoms with Gasteiger partial charge in [0.05, 0.1) is 0 Å². The van der Waals surface area contributed by atoms with Gasteiger partial charge in [0, 0.05) is 12.5 Å². The largest absolute Gasteiger partial charge is 0.317 e. The Morgan fingerprint density at radius 1 is 1.33 bits per heavy atom. The molecule has 1 nitrogen and oxygen atoms in total. The molecule has 0 bridgehead atoms. The van der Waals surface area contributed by atoms with Crippen LogP contribution in [0.3, 0.4) is 0 Å². The van der Waals surface area contributed by atoms with E-state index in [1.165, 1.54) is 25.7 Å². The number of hydrogen-bond acceptors (Lipinski definition) is 1. The highest BCUT2D eigenvalue weighted by Crippen LogP contribution is 2.26. The minimum Gasteiger partial charge on any atom is -0.317 e. The molecule has 1 saturated carbocycles. The van der Waals surface area contributed by atoms with E-state index in [1.807, 2.05) is 6.92 Å². The second-order valence-corrected chi connectivity index (χ2v) is 3.57. The Morgan fingerprint density at radius 2 is 2.08 bits per heavy atom. The topological polar surface area (TPSA) is 12.0 Å². The van der Waals surface area contributed by atoms with Gasteiger partial charge in [0.25, 0.3) is 0 Å². The predicted octanol–water partition coefficient (Wildman–Crippen LogP) is 2.18. The minimum absolute atomic E-state index is 0.722. The van der Waals surface area contributed by atoms with Crippen molar-refractivity contribution in [2.45, 2.75) is 45.1 Å². The summed E-state index contributed by atoms with van der Waals surface area (Å²) in [7, 11) is 2.07. The molecule has 1 heteroatoms. The Bertz CT molecular complexity index is 175. The first-order valence-corrected chi connectivity index (χ1v) is 4.95. The van der Waals surface area contributed by atoms with E-state index in [0.29, 0.717) is 0 Å². The van der Waals surface area contributed by atoms with Crippen LogP contribution in [0.5, 0.6) is 0 Å². The van der Waals surface area contributed by atoms with Gasteiger partial charge in [-0.25, -0.2) is 0 Å². The van der Waals surface area contributed by atoms with E-state index in [2.05, 4.69) is 24.2 Å². The van der Waals surface area contributed by atoms with E-state index < -0.39 is 0 Å². The lowest BCUT2D eigenvalue weighted by Gasteiger charge is -2.29. The summed E-state index contributed by atoms with van der Waals surface area (Å²) >= 11 is 0. The van der Waals surface area contributed by atoms with E-state index in [1.54, 1.807) is 0 Å². The van der Waals surface area contributed by atoms with Gasteiger partial charge in [-0.15, -0.1) is 11.8 Å². The summed E-state index contributed by atoms with van der Waals surface area (Å²) < 4.78 is 0. The average Bonchev–Trinajstić information content (AvgIpc) is 2.15. The standard InChI is InChI=1S/C11H19N/c1-3-4-7-10-8-5-6-9-11(10)12-2/h10-12H,5-9H2,1-2H3. The van der Waals surface area contributed by atoms with Crippen molar-refractivity contribution in [2.75, 3.05) is 7.05 Å². The number of nitrogens with one attached hydrogen (secondary N) is 1. The molecule has 2 unspecified atom stereocenters. The summed E-state index contributed by atoms with van der Waals surface area (Å²) in [4.78, 5) is 0. The van der Waals surface area contributed by atoms with E-state index in [4.69, 9.17) is 0 Å². The van der Waals surface area contributed by atoms with Crippen molar-refractivity contribution >= 4 is 0 Å². The number of hydrogen-bond donors (Lipinski definition) is 1. The Morgan fingerprint density at radius 3 is 2.75 bits per heavy atom. The second-order valence-electron chi connectivity index (χ2n) is 3.57. The Labute approximate surface area is 75.9 Å². The van der Waals surface area contributed by atoms with Crippen molar-refractivity contribution in [1.29, 1.82) is 0 Å². The predicted molar refractivity (Wildman–Crippen MR) is 52.9 cm³/mol. The smallest absolute Gasteiger partial charge is 0.0132 e. The summed E-state index contributed by atoms with van der Waals surface area (Å²) in [6, 6.07) is 0.722. The molecule has 1 N–H and O–H groups in total. The molecule has 1 aliphatic rings. The molecule has 12 heavy (non-hydrogen) atoms. The number of rotatable bonds is 2. The Hall–Kier alpha value is -0.480. The van der Waals surface area contributed by atoms with Crippen molar-refractivity contribution in [3.63, 3.8) is 0 Å². The fourth-order valence-corrected chi connectivity index (χ4v) is 2.07. The lowest BCUT2D eigenvalue weighted by atomic mass is 9.83. The van der Waals surface area contributed by atoms with E-state index >= 15 is 0 Å². The monoisotopic (exact) mass is 165 g/mol. The van der Waals surface area contributed by atoms with Gasteiger partial charge in [0.15, 0.2) is 0 Å². The Balaban J connectivity index is 2.39. The van der Waals surface area contributed by atoms with Gasteiger partial charge in [-0.1, -0.05) is 12.8 Å². The molecule has 2 atom stereocenters. The van der Waals surface area contributed by atoms with Crippen LogP contribution in [0.25, 0.3) is 0 Å². The van der Waals surface area contributed by atoms with Crippen LogP contribution in [0.4, 0.5) is 0 Å². The molecule has 0 aromatic rings. The van der Waals surface area contributed by atoms with Crippen molar-refractivity contribution in [2.24, 2.45) is 5.92 Å². The molecule has 0 aromatic carbocycles. The highest BCUT2D eigenvalue weighted by molar-refractivity contribution is 4.98. The SMILES string of the molecule is CC#CCC1CCCCC1NC. The first kappa shape index (κ1) is 9.61. The maximum Gasteiger partial charge on any atom is 0.0132 e. The van der Waals surface area contributed by atoms with Crippen molar-refractivity contribution in [3.05, 3.63) is 0 Å². The molecule has 0 saturated heterocycles. The van der Waals surface area contributed by atoms with Crippen LogP contribution in [0.2, 0.25) is 0 Å². The van der Waals surface area contributed by atoms with Crippen molar-refractivity contribution in [1.82, 2.24) is 5.32 Å². The summed E-state index contributed by atoms with van der Waals surface area (Å²) in [6.45, 7) is 1.93. The Kier molecular flexibility index (Phi) is 4.18. The zero-order valence-corrected chi connectivity index (χ0v) is 8.19. The second kappa shape index (κ2) is 5.22. The molecule has 1 fully saturated rings. The molecule has 0 spiro atoms. The molecular formula is C11H19N. The summed E-state index contributed by atoms with van der Waals surface area (Å²) in [6.07, 6.45) is 6.57. The van der Waals surface area contributed by atoms with Gasteiger partial charge in [-0.05, 0) is 32.7 Å². The summed E-state index contributed by atoms with van der Waals surface area (Å²) in [5, 5.41) is 3.40. The maximum absolute atomic E-state index is 3.40. The molecular weight excluding hydrogens is 146 g/mol. The summed E-state index contributed by atoms with van der Waals surface area (Å²) in [5.74, 6) is 6.98. The van der Waals surface area contributed by atoms with Crippen LogP contribution in [0.1, 0.15) is 39.0 Å². The molecule has 0 amide bonds. The minimum atomic E-state index is 0.722. The molecule has 1 aliphatic carbocycles. The third-order valence-electron chi connectivity index (χ3n) is 2.82. The maximum atomic E-state index is 3.40. The molecule has 0 radical (unpaired) electrons. The molecule has 0 aliphatic heterocycles. The van der Waals surface area contributed by atoms with Gasteiger partial charge >= 0.3 is 0 Å². The third-order valence-corrected chi connectivity index (χ3v) is 2.82. The lowest BCUT2D eigenvalue weighted by molar-refractivity contribution is 0.279. The van der Waals surface area contributed by atoms with Crippen LogP contribution in [0, 0.1) is 17.8 Å². The zero-order chi connectivity index (χ0) is 8.81. The van der Waals surface area contributed by atoms with Crippen LogP contribution < -0.4 is 5.32 Å². The molecule has 0 aromatic heterocycles. The van der Waals surface area contributed by atoms with Crippen LogP contribution in [-0.2, 0) is 0 Å². The fourth-order valence-electron chi connectivity index (χ4n) is 2.07.